The fourth-order valence-electron chi connectivity index (χ4n) is 4.05. The second kappa shape index (κ2) is 19.8. The van der Waals surface area contributed by atoms with Crippen LogP contribution in [0.3, 0.4) is 0 Å². The van der Waals surface area contributed by atoms with Crippen LogP contribution in [-0.2, 0) is 47.5 Å². The van der Waals surface area contributed by atoms with Gasteiger partial charge in [-0.05, 0) is 28.8 Å². The summed E-state index contributed by atoms with van der Waals surface area (Å²) in [5.41, 5.74) is 2.32. The summed E-state index contributed by atoms with van der Waals surface area (Å²) in [6.45, 7) is -1.43. The number of amides is 5. The molecule has 0 fully saturated rings. The van der Waals surface area contributed by atoms with E-state index in [1.165, 1.54) is 36.0 Å². The van der Waals surface area contributed by atoms with Crippen molar-refractivity contribution in [3.05, 3.63) is 102 Å². The highest BCUT2D eigenvalue weighted by molar-refractivity contribution is 7.98. The minimum Gasteiger partial charge on any atom is -0.508 e. The van der Waals surface area contributed by atoms with Crippen molar-refractivity contribution < 1.29 is 43.7 Å². The molecule has 48 heavy (non-hydrogen) atoms. The molecule has 3 rings (SSSR count). The summed E-state index contributed by atoms with van der Waals surface area (Å²) in [5, 5.41) is 31.1. The molecule has 0 radical (unpaired) electrons. The highest BCUT2D eigenvalue weighted by Gasteiger charge is 2.27. The van der Waals surface area contributed by atoms with Gasteiger partial charge in [-0.1, -0.05) is 72.8 Å². The minimum atomic E-state index is -1.32. The Hall–Kier alpha value is -5.57. The lowest BCUT2D eigenvalue weighted by atomic mass is 10.1. The highest BCUT2D eigenvalue weighted by Crippen LogP contribution is 2.14. The van der Waals surface area contributed by atoms with Crippen molar-refractivity contribution >= 4 is 47.5 Å². The standard InChI is InChI=1S/C33H37N5O9S/c39-25-13-11-22(12-14-25)15-26(32(44)45)38-31(43)27(21-48-20-24-9-5-2-6-10-24)37-30(42)18-35-28(40)16-34-29(41)17-36-33(46)47-19-23-7-3-1-4-8-23/h1-14,26-27,39H,15-21H2,(H,34,41)(H,35,40)(H,36,46)(H,37,42)(H,38,43)(H,44,45)/t26-,27-/m0/s1. The number of nitrogens with one attached hydrogen (secondary N) is 5. The van der Waals surface area contributed by atoms with E-state index in [1.54, 1.807) is 24.3 Å². The smallest absolute Gasteiger partial charge is 0.407 e. The number of thioether (sulfide) groups is 1. The molecule has 0 spiro atoms. The number of phenolic OH excluding ortho intramolecular Hbond substituents is 1. The zero-order valence-corrected chi connectivity index (χ0v) is 26.7. The van der Waals surface area contributed by atoms with Gasteiger partial charge in [0, 0.05) is 17.9 Å². The van der Waals surface area contributed by atoms with Gasteiger partial charge >= 0.3 is 12.1 Å². The first kappa shape index (κ1) is 36.9. The SMILES string of the molecule is O=C(CNC(=O)CNC(=O)OCc1ccccc1)NCC(=O)N[C@@H](CSCc1ccccc1)C(=O)N[C@@H](Cc1ccc(O)cc1)C(=O)O. The molecule has 0 aliphatic carbocycles. The van der Waals surface area contributed by atoms with Gasteiger partial charge < -0.3 is 41.5 Å². The summed E-state index contributed by atoms with van der Waals surface area (Å²) in [7, 11) is 0. The van der Waals surface area contributed by atoms with Gasteiger partial charge in [-0.3, -0.25) is 19.2 Å². The molecule has 0 aliphatic rings. The number of hydrogen-bond acceptors (Lipinski definition) is 9. The van der Waals surface area contributed by atoms with Gasteiger partial charge in [0.2, 0.25) is 23.6 Å². The van der Waals surface area contributed by atoms with Crippen LogP contribution >= 0.6 is 11.8 Å². The third kappa shape index (κ3) is 14.2. The van der Waals surface area contributed by atoms with Crippen LogP contribution in [0.2, 0.25) is 0 Å². The van der Waals surface area contributed by atoms with E-state index in [-0.39, 0.29) is 24.5 Å². The molecular weight excluding hydrogens is 642 g/mol. The Morgan fingerprint density at radius 2 is 1.21 bits per heavy atom. The van der Waals surface area contributed by atoms with E-state index >= 15 is 0 Å². The maximum absolute atomic E-state index is 13.2. The lowest BCUT2D eigenvalue weighted by Crippen LogP contribution is -2.54. The van der Waals surface area contributed by atoms with Gasteiger partial charge in [-0.15, -0.1) is 0 Å². The second-order valence-corrected chi connectivity index (χ2v) is 11.4. The Morgan fingerprint density at radius 3 is 1.81 bits per heavy atom. The number of carboxylic acid groups (broad SMARTS) is 1. The Bertz CT molecular complexity index is 1530. The lowest BCUT2D eigenvalue weighted by Gasteiger charge is -2.22. The Kier molecular flexibility index (Phi) is 15.2. The highest BCUT2D eigenvalue weighted by atomic mass is 32.2. The lowest BCUT2D eigenvalue weighted by molar-refractivity contribution is -0.142. The number of ether oxygens (including phenoxy) is 1. The summed E-state index contributed by atoms with van der Waals surface area (Å²) >= 11 is 1.35. The van der Waals surface area contributed by atoms with Crippen molar-refractivity contribution in [2.24, 2.45) is 0 Å². The molecule has 0 saturated carbocycles. The van der Waals surface area contributed by atoms with Crippen molar-refractivity contribution in [3.8, 4) is 5.75 Å². The Balaban J connectivity index is 1.46. The minimum absolute atomic E-state index is 0.0103. The zero-order valence-electron chi connectivity index (χ0n) is 25.8. The molecule has 3 aromatic carbocycles. The number of rotatable bonds is 18. The summed E-state index contributed by atoms with van der Waals surface area (Å²) in [6, 6.07) is 21.8. The quantitative estimate of drug-likeness (QED) is 0.102. The Labute approximate surface area is 281 Å². The average molecular weight is 680 g/mol. The van der Waals surface area contributed by atoms with Crippen molar-refractivity contribution in [2.75, 3.05) is 25.4 Å². The van der Waals surface area contributed by atoms with Gasteiger partial charge in [0.1, 0.15) is 31.0 Å². The molecular formula is C33H37N5O9S. The largest absolute Gasteiger partial charge is 0.508 e. The average Bonchev–Trinajstić information content (AvgIpc) is 3.09. The molecule has 14 nitrogen and oxygen atoms in total. The maximum atomic E-state index is 13.2. The second-order valence-electron chi connectivity index (χ2n) is 10.4. The van der Waals surface area contributed by atoms with E-state index in [1.807, 2.05) is 36.4 Å². The number of phenols is 1. The van der Waals surface area contributed by atoms with Gasteiger partial charge in [0.25, 0.3) is 0 Å². The van der Waals surface area contributed by atoms with E-state index in [9.17, 15) is 39.0 Å². The first-order chi connectivity index (χ1) is 23.1. The molecule has 7 N–H and O–H groups in total. The summed E-state index contributed by atoms with van der Waals surface area (Å²) in [6.07, 6.45) is -0.878. The van der Waals surface area contributed by atoms with E-state index < -0.39 is 67.4 Å². The van der Waals surface area contributed by atoms with E-state index in [0.717, 1.165) is 11.1 Å². The number of carbonyl (C=O) groups excluding carboxylic acids is 5. The number of carboxylic acids is 1. The molecule has 0 saturated heterocycles. The van der Waals surface area contributed by atoms with Crippen LogP contribution in [0.15, 0.2) is 84.9 Å². The molecule has 15 heteroatoms. The van der Waals surface area contributed by atoms with Crippen LogP contribution < -0.4 is 26.6 Å². The zero-order chi connectivity index (χ0) is 34.7. The van der Waals surface area contributed by atoms with Gasteiger partial charge in [0.15, 0.2) is 0 Å². The summed E-state index contributed by atoms with van der Waals surface area (Å²) in [5.74, 6) is -3.48. The fraction of sp³-hybridized carbons (Fsp3) is 0.273. The van der Waals surface area contributed by atoms with Crippen molar-refractivity contribution in [2.45, 2.75) is 30.9 Å². The number of aromatic hydroxyl groups is 1. The monoisotopic (exact) mass is 679 g/mol. The van der Waals surface area contributed by atoms with Crippen LogP contribution in [0, 0.1) is 0 Å². The summed E-state index contributed by atoms with van der Waals surface area (Å²) in [4.78, 5) is 73.9. The molecule has 0 unspecified atom stereocenters. The van der Waals surface area contributed by atoms with Crippen molar-refractivity contribution in [1.29, 1.82) is 0 Å². The number of benzene rings is 3. The molecule has 0 bridgehead atoms. The van der Waals surface area contributed by atoms with E-state index in [4.69, 9.17) is 4.74 Å². The molecule has 254 valence electrons. The number of carbonyl (C=O) groups is 6. The third-order valence-electron chi connectivity index (χ3n) is 6.54. The number of aliphatic carboxylic acids is 1. The number of hydrogen-bond donors (Lipinski definition) is 7. The maximum Gasteiger partial charge on any atom is 0.407 e. The van der Waals surface area contributed by atoms with E-state index in [2.05, 4.69) is 26.6 Å². The molecule has 0 heterocycles. The van der Waals surface area contributed by atoms with Gasteiger partial charge in [0.05, 0.1) is 13.1 Å². The molecule has 0 aliphatic heterocycles. The van der Waals surface area contributed by atoms with Crippen molar-refractivity contribution in [1.82, 2.24) is 26.6 Å². The van der Waals surface area contributed by atoms with Crippen LogP contribution in [-0.4, -0.2) is 83.4 Å². The van der Waals surface area contributed by atoms with Gasteiger partial charge in [-0.2, -0.15) is 11.8 Å². The normalized spacial score (nSPS) is 11.7. The van der Waals surface area contributed by atoms with Crippen LogP contribution in [0.1, 0.15) is 16.7 Å². The first-order valence-electron chi connectivity index (χ1n) is 14.8. The van der Waals surface area contributed by atoms with Crippen LogP contribution in [0.5, 0.6) is 5.75 Å². The molecule has 0 aromatic heterocycles. The van der Waals surface area contributed by atoms with Gasteiger partial charge in [-0.25, -0.2) is 9.59 Å². The molecule has 2 atom stereocenters. The van der Waals surface area contributed by atoms with Crippen molar-refractivity contribution in [3.63, 3.8) is 0 Å². The third-order valence-corrected chi connectivity index (χ3v) is 7.64. The molecule has 5 amide bonds. The van der Waals surface area contributed by atoms with Crippen LogP contribution in [0.25, 0.3) is 0 Å². The van der Waals surface area contributed by atoms with Crippen LogP contribution in [0.4, 0.5) is 4.79 Å². The first-order valence-corrected chi connectivity index (χ1v) is 15.9. The van der Waals surface area contributed by atoms with E-state index in [0.29, 0.717) is 11.3 Å². The Morgan fingerprint density at radius 1 is 0.646 bits per heavy atom. The predicted octanol–water partition coefficient (Wildman–Crippen LogP) is 1.08. The predicted molar refractivity (Wildman–Crippen MR) is 177 cm³/mol. The topological polar surface area (TPSA) is 212 Å². The molecule has 3 aromatic rings. The fourth-order valence-corrected chi connectivity index (χ4v) is 5.06. The summed E-state index contributed by atoms with van der Waals surface area (Å²) < 4.78 is 5.01. The number of alkyl carbamates (subject to hydrolysis) is 1.